The first-order valence-corrected chi connectivity index (χ1v) is 6.98. The van der Waals surface area contributed by atoms with Crippen molar-refractivity contribution in [3.63, 3.8) is 0 Å². The fourth-order valence-corrected chi connectivity index (χ4v) is 2.09. The molecule has 0 amide bonds. The van der Waals surface area contributed by atoms with Gasteiger partial charge in [-0.3, -0.25) is 0 Å². The Bertz CT molecular complexity index is 528. The molecule has 1 aliphatic rings. The van der Waals surface area contributed by atoms with Gasteiger partial charge in [-0.1, -0.05) is 17.3 Å². The Morgan fingerprint density at radius 3 is 2.91 bits per heavy atom. The van der Waals surface area contributed by atoms with E-state index in [4.69, 9.17) is 9.47 Å². The van der Waals surface area contributed by atoms with Crippen molar-refractivity contribution in [1.29, 1.82) is 0 Å². The van der Waals surface area contributed by atoms with E-state index in [1.807, 2.05) is 0 Å². The smallest absolute Gasteiger partial charge is 0.360 e. The van der Waals surface area contributed by atoms with Gasteiger partial charge in [-0.2, -0.15) is 0 Å². The van der Waals surface area contributed by atoms with Crippen LogP contribution in [0.25, 0.3) is 0 Å². The third kappa shape index (κ3) is 4.17. The first-order chi connectivity index (χ1) is 10.8. The number of hydrogen-bond donors (Lipinski definition) is 0. The van der Waals surface area contributed by atoms with E-state index in [0.29, 0.717) is 17.9 Å². The monoisotopic (exact) mass is 311 g/mol. The van der Waals surface area contributed by atoms with Crippen LogP contribution in [0.4, 0.5) is 4.39 Å². The van der Waals surface area contributed by atoms with E-state index in [9.17, 15) is 9.18 Å². The van der Waals surface area contributed by atoms with E-state index in [2.05, 4.69) is 14.7 Å². The van der Waals surface area contributed by atoms with Crippen LogP contribution in [0.1, 0.15) is 24.8 Å². The summed E-state index contributed by atoms with van der Waals surface area (Å²) in [5, 5.41) is 3.48. The Kier molecular flexibility index (Phi) is 6.14. The van der Waals surface area contributed by atoms with Crippen LogP contribution in [0.3, 0.4) is 0 Å². The number of halogens is 1. The molecule has 0 saturated carbocycles. The molecule has 1 aromatic carbocycles. The number of hydrogen-bond acceptors (Lipinski definition) is 6. The average molecular weight is 311 g/mol. The summed E-state index contributed by atoms with van der Waals surface area (Å²) in [5.74, 6) is -0.338. The lowest BCUT2D eigenvalue weighted by Crippen LogP contribution is -2.26. The number of rotatable bonds is 6. The molecular formula is C15H18FNO5. The molecular weight excluding hydrogens is 293 g/mol. The Labute approximate surface area is 127 Å². The predicted molar refractivity (Wildman–Crippen MR) is 76.3 cm³/mol. The summed E-state index contributed by atoms with van der Waals surface area (Å²) in [7, 11) is 1.21. The second-order valence-electron chi connectivity index (χ2n) is 4.58. The normalized spacial score (nSPS) is 18.6. The molecule has 1 unspecified atom stereocenters. The summed E-state index contributed by atoms with van der Waals surface area (Å²) < 4.78 is 28.1. The number of nitrogens with zero attached hydrogens (tertiary/aromatic N) is 1. The van der Waals surface area contributed by atoms with Gasteiger partial charge in [0, 0.05) is 6.42 Å². The lowest BCUT2D eigenvalue weighted by molar-refractivity contribution is -0.133. The second kappa shape index (κ2) is 8.33. The second-order valence-corrected chi connectivity index (χ2v) is 4.58. The molecule has 0 bridgehead atoms. The van der Waals surface area contributed by atoms with Crippen molar-refractivity contribution in [3.8, 4) is 5.75 Å². The molecule has 1 heterocycles. The third-order valence-corrected chi connectivity index (χ3v) is 3.12. The molecule has 0 N–H and O–H groups in total. The molecule has 1 aliphatic heterocycles. The van der Waals surface area contributed by atoms with Crippen LogP contribution in [0.5, 0.6) is 5.75 Å². The maximum absolute atomic E-state index is 12.2. The van der Waals surface area contributed by atoms with E-state index in [-0.39, 0.29) is 12.0 Å². The Hall–Kier alpha value is -2.15. The van der Waals surface area contributed by atoms with Gasteiger partial charge < -0.3 is 19.0 Å². The summed E-state index contributed by atoms with van der Waals surface area (Å²) >= 11 is 0. The van der Waals surface area contributed by atoms with Crippen LogP contribution >= 0.6 is 0 Å². The van der Waals surface area contributed by atoms with Crippen molar-refractivity contribution in [2.45, 2.75) is 25.6 Å². The molecule has 0 radical (unpaired) electrons. The minimum absolute atomic E-state index is 0.161. The van der Waals surface area contributed by atoms with Crippen LogP contribution in [-0.4, -0.2) is 38.5 Å². The Morgan fingerprint density at radius 1 is 1.41 bits per heavy atom. The zero-order valence-electron chi connectivity index (χ0n) is 12.3. The summed E-state index contributed by atoms with van der Waals surface area (Å²) in [6, 6.07) is 6.76. The number of carbonyl (C=O) groups is 1. The largest absolute Gasteiger partial charge is 0.464 e. The van der Waals surface area contributed by atoms with E-state index in [0.717, 1.165) is 19.3 Å². The minimum Gasteiger partial charge on any atom is -0.464 e. The third-order valence-electron chi connectivity index (χ3n) is 3.12. The van der Waals surface area contributed by atoms with Crippen LogP contribution in [0.2, 0.25) is 0 Å². The lowest BCUT2D eigenvalue weighted by atomic mass is 10.1. The van der Waals surface area contributed by atoms with Gasteiger partial charge in [0.1, 0.15) is 5.75 Å². The fourth-order valence-electron chi connectivity index (χ4n) is 2.09. The van der Waals surface area contributed by atoms with Crippen molar-refractivity contribution >= 4 is 11.7 Å². The summed E-state index contributed by atoms with van der Waals surface area (Å²) in [6.45, 7) is -0.509. The molecule has 0 aliphatic carbocycles. The fraction of sp³-hybridized carbons (Fsp3) is 0.467. The zero-order valence-corrected chi connectivity index (χ0v) is 12.3. The van der Waals surface area contributed by atoms with Gasteiger partial charge in [-0.05, 0) is 25.0 Å². The molecule has 6 nitrogen and oxygen atoms in total. The van der Waals surface area contributed by atoms with Gasteiger partial charge in [-0.25, -0.2) is 9.18 Å². The van der Waals surface area contributed by atoms with Crippen molar-refractivity contribution in [1.82, 2.24) is 0 Å². The van der Waals surface area contributed by atoms with Gasteiger partial charge in [0.2, 0.25) is 0 Å². The number of methoxy groups -OCH3 is 1. The molecule has 120 valence electrons. The van der Waals surface area contributed by atoms with Gasteiger partial charge in [0.15, 0.2) is 12.0 Å². The standard InChI is InChI=1S/C15H18FNO5/c1-19-15(18)14(17-21-10-16)11-6-2-3-7-12(11)22-13-8-4-5-9-20-13/h2-3,6-7,13H,4-5,8-10H2,1H3/b17-14+. The number of carbonyl (C=O) groups excluding carboxylic acids is 1. The van der Waals surface area contributed by atoms with Gasteiger partial charge in [0.05, 0.1) is 19.3 Å². The quantitative estimate of drug-likeness (QED) is 0.458. The molecule has 1 fully saturated rings. The molecule has 1 aromatic rings. The minimum atomic E-state index is -1.14. The molecule has 1 atom stereocenters. The average Bonchev–Trinajstić information content (AvgIpc) is 2.57. The lowest BCUT2D eigenvalue weighted by Gasteiger charge is -2.24. The Balaban J connectivity index is 2.26. The molecule has 2 rings (SSSR count). The highest BCUT2D eigenvalue weighted by molar-refractivity contribution is 6.43. The van der Waals surface area contributed by atoms with Crippen LogP contribution < -0.4 is 4.74 Å². The van der Waals surface area contributed by atoms with Crippen molar-refractivity contribution in [2.24, 2.45) is 5.16 Å². The van der Waals surface area contributed by atoms with Crippen molar-refractivity contribution < 1.29 is 28.2 Å². The van der Waals surface area contributed by atoms with E-state index in [1.165, 1.54) is 7.11 Å². The topological polar surface area (TPSA) is 66.4 Å². The van der Waals surface area contributed by atoms with Crippen molar-refractivity contribution in [2.75, 3.05) is 20.6 Å². The number of ether oxygens (including phenoxy) is 3. The first-order valence-electron chi connectivity index (χ1n) is 6.98. The van der Waals surface area contributed by atoms with Gasteiger partial charge in [0.25, 0.3) is 6.86 Å². The predicted octanol–water partition coefficient (Wildman–Crippen LogP) is 2.41. The van der Waals surface area contributed by atoms with Crippen LogP contribution in [-0.2, 0) is 19.1 Å². The summed E-state index contributed by atoms with van der Waals surface area (Å²) in [5.41, 5.74) is 0.198. The molecule has 1 saturated heterocycles. The highest BCUT2D eigenvalue weighted by Gasteiger charge is 2.23. The molecule has 7 heteroatoms. The van der Waals surface area contributed by atoms with E-state index >= 15 is 0 Å². The molecule has 0 aromatic heterocycles. The van der Waals surface area contributed by atoms with Crippen LogP contribution in [0.15, 0.2) is 29.4 Å². The number of alkyl halides is 1. The number of benzene rings is 1. The number of para-hydroxylation sites is 1. The number of oxime groups is 1. The molecule has 0 spiro atoms. The highest BCUT2D eigenvalue weighted by Crippen LogP contribution is 2.24. The van der Waals surface area contributed by atoms with E-state index in [1.54, 1.807) is 24.3 Å². The van der Waals surface area contributed by atoms with Gasteiger partial charge >= 0.3 is 5.97 Å². The van der Waals surface area contributed by atoms with Gasteiger partial charge in [-0.15, -0.1) is 0 Å². The maximum atomic E-state index is 12.2. The first kappa shape index (κ1) is 16.2. The SMILES string of the molecule is COC(=O)/C(=N/OCF)c1ccccc1OC1CCCCO1. The Morgan fingerprint density at radius 2 is 2.23 bits per heavy atom. The zero-order chi connectivity index (χ0) is 15.8. The van der Waals surface area contributed by atoms with E-state index < -0.39 is 12.8 Å². The van der Waals surface area contributed by atoms with Crippen LogP contribution in [0, 0.1) is 0 Å². The molecule has 22 heavy (non-hydrogen) atoms. The summed E-state index contributed by atoms with van der Waals surface area (Å²) in [4.78, 5) is 16.2. The maximum Gasteiger partial charge on any atom is 0.360 e. The summed E-state index contributed by atoms with van der Waals surface area (Å²) in [6.07, 6.45) is 2.40. The highest BCUT2D eigenvalue weighted by atomic mass is 19.1. The van der Waals surface area contributed by atoms with Crippen molar-refractivity contribution in [3.05, 3.63) is 29.8 Å². The number of esters is 1.